The highest BCUT2D eigenvalue weighted by Crippen LogP contribution is 2.23. The molecule has 0 rings (SSSR count). The molecule has 0 aromatic rings. The van der Waals surface area contributed by atoms with Gasteiger partial charge in [0.05, 0.1) is 6.61 Å². The molecule has 0 amide bonds. The summed E-state index contributed by atoms with van der Waals surface area (Å²) >= 11 is 0. The van der Waals surface area contributed by atoms with Gasteiger partial charge < -0.3 is 4.74 Å². The van der Waals surface area contributed by atoms with Gasteiger partial charge in [0.2, 0.25) is 0 Å². The van der Waals surface area contributed by atoms with Crippen LogP contribution in [0.1, 0.15) is 12.8 Å². The Kier molecular flexibility index (Phi) is 4.40. The third kappa shape index (κ3) is 5.01. The van der Waals surface area contributed by atoms with Crippen molar-refractivity contribution in [3.05, 3.63) is 6.92 Å². The van der Waals surface area contributed by atoms with Crippen molar-refractivity contribution in [2.24, 2.45) is 0 Å². The molecule has 1 unspecified atom stereocenters. The van der Waals surface area contributed by atoms with Gasteiger partial charge in [-0.1, -0.05) is 13.3 Å². The van der Waals surface area contributed by atoms with Crippen LogP contribution < -0.4 is 0 Å². The van der Waals surface area contributed by atoms with E-state index in [4.69, 9.17) is 0 Å². The fourth-order valence-electron chi connectivity index (χ4n) is 0.383. The number of rotatable bonds is 4. The van der Waals surface area contributed by atoms with Gasteiger partial charge in [0, 0.05) is 0 Å². The molecule has 0 bridgehead atoms. The maximum atomic E-state index is 11.9. The maximum absolute atomic E-state index is 11.9. The Morgan fingerprint density at radius 3 is 2.27 bits per heavy atom. The number of hydrogen-bond donors (Lipinski definition) is 0. The van der Waals surface area contributed by atoms with E-state index in [1.165, 1.54) is 0 Å². The molecule has 0 aliphatic heterocycles. The summed E-state index contributed by atoms with van der Waals surface area (Å²) in [5, 5.41) is 0. The van der Waals surface area contributed by atoms with Gasteiger partial charge in [-0.2, -0.15) is 13.2 Å². The molecule has 11 heavy (non-hydrogen) atoms. The number of alkyl halides is 4. The van der Waals surface area contributed by atoms with Crippen LogP contribution in [-0.2, 0) is 4.74 Å². The van der Waals surface area contributed by atoms with Crippen LogP contribution in [0.5, 0.6) is 0 Å². The van der Waals surface area contributed by atoms with E-state index < -0.39 is 12.5 Å². The largest absolute Gasteiger partial charge is 0.445 e. The molecule has 0 N–H and O–H groups in total. The van der Waals surface area contributed by atoms with E-state index in [0.717, 1.165) is 0 Å². The molecule has 1 nitrogen and oxygen atoms in total. The molecular formula is C6H9F4O. The van der Waals surface area contributed by atoms with Crippen molar-refractivity contribution in [1.29, 1.82) is 0 Å². The topological polar surface area (TPSA) is 9.23 Å². The molecule has 0 saturated carbocycles. The second-order valence-corrected chi connectivity index (χ2v) is 1.94. The predicted octanol–water partition coefficient (Wildman–Crippen LogP) is 2.48. The van der Waals surface area contributed by atoms with Crippen molar-refractivity contribution in [3.63, 3.8) is 0 Å². The van der Waals surface area contributed by atoms with Gasteiger partial charge in [-0.25, -0.2) is 4.39 Å². The standard InChI is InChI=1S/C6H9F4O/c1-2-3-4-11-5(7)6(8,9)10/h5H,1-4H2. The van der Waals surface area contributed by atoms with Crippen LogP contribution in [0.3, 0.4) is 0 Å². The average Bonchev–Trinajstić information content (AvgIpc) is 1.86. The number of hydrogen-bond acceptors (Lipinski definition) is 1. The number of ether oxygens (including phenoxy) is 1. The minimum atomic E-state index is -4.90. The van der Waals surface area contributed by atoms with E-state index in [1.807, 2.05) is 0 Å². The second-order valence-electron chi connectivity index (χ2n) is 1.94. The van der Waals surface area contributed by atoms with Crippen LogP contribution in [0.2, 0.25) is 0 Å². The van der Waals surface area contributed by atoms with Crippen molar-refractivity contribution in [2.45, 2.75) is 25.4 Å². The highest BCUT2D eigenvalue weighted by Gasteiger charge is 2.41. The lowest BCUT2D eigenvalue weighted by molar-refractivity contribution is -0.264. The molecule has 0 heterocycles. The summed E-state index contributed by atoms with van der Waals surface area (Å²) in [4.78, 5) is 0. The van der Waals surface area contributed by atoms with Gasteiger partial charge in [0.25, 0.3) is 6.36 Å². The van der Waals surface area contributed by atoms with E-state index >= 15 is 0 Å². The summed E-state index contributed by atoms with van der Waals surface area (Å²) in [5.41, 5.74) is 0. The molecule has 0 saturated heterocycles. The smallest absolute Gasteiger partial charge is 0.341 e. The van der Waals surface area contributed by atoms with E-state index in [0.29, 0.717) is 12.8 Å². The lowest BCUT2D eigenvalue weighted by atomic mass is 10.4. The van der Waals surface area contributed by atoms with Gasteiger partial charge in [-0.3, -0.25) is 0 Å². The second kappa shape index (κ2) is 4.54. The predicted molar refractivity (Wildman–Crippen MR) is 31.5 cm³/mol. The lowest BCUT2D eigenvalue weighted by Gasteiger charge is -2.11. The Labute approximate surface area is 62.3 Å². The molecule has 1 radical (unpaired) electrons. The van der Waals surface area contributed by atoms with Gasteiger partial charge in [-0.15, -0.1) is 0 Å². The monoisotopic (exact) mass is 173 g/mol. The zero-order valence-corrected chi connectivity index (χ0v) is 5.83. The molecule has 1 atom stereocenters. The molecular weight excluding hydrogens is 164 g/mol. The van der Waals surface area contributed by atoms with Gasteiger partial charge in [0.1, 0.15) is 0 Å². The summed E-state index contributed by atoms with van der Waals surface area (Å²) in [6.45, 7) is 3.12. The summed E-state index contributed by atoms with van der Waals surface area (Å²) in [7, 11) is 0. The SMILES string of the molecule is [CH2]CCCOC(F)C(F)(F)F. The normalized spacial score (nSPS) is 15.0. The first kappa shape index (κ1) is 10.7. The molecule has 0 aliphatic rings. The number of halogens is 4. The fraction of sp³-hybridized carbons (Fsp3) is 0.833. The van der Waals surface area contributed by atoms with Crippen molar-refractivity contribution in [3.8, 4) is 0 Å². The zero-order chi connectivity index (χ0) is 8.91. The minimum Gasteiger partial charge on any atom is -0.341 e. The van der Waals surface area contributed by atoms with Crippen molar-refractivity contribution in [1.82, 2.24) is 0 Å². The van der Waals surface area contributed by atoms with Crippen molar-refractivity contribution < 1.29 is 22.3 Å². The van der Waals surface area contributed by atoms with Gasteiger partial charge >= 0.3 is 6.18 Å². The zero-order valence-electron chi connectivity index (χ0n) is 5.83. The first-order valence-corrected chi connectivity index (χ1v) is 3.10. The Balaban J connectivity index is 3.44. The van der Waals surface area contributed by atoms with E-state index in [-0.39, 0.29) is 6.61 Å². The van der Waals surface area contributed by atoms with Crippen molar-refractivity contribution >= 4 is 0 Å². The minimum absolute atomic E-state index is 0.246. The Morgan fingerprint density at radius 1 is 1.36 bits per heavy atom. The van der Waals surface area contributed by atoms with Gasteiger partial charge in [0.15, 0.2) is 0 Å². The first-order chi connectivity index (χ1) is 4.98. The third-order valence-corrected chi connectivity index (χ3v) is 0.916. The summed E-state index contributed by atoms with van der Waals surface area (Å²) in [6.07, 6.45) is -7.29. The summed E-state index contributed by atoms with van der Waals surface area (Å²) in [5.74, 6) is 0. The van der Waals surface area contributed by atoms with E-state index in [1.54, 1.807) is 0 Å². The van der Waals surface area contributed by atoms with Crippen LogP contribution >= 0.6 is 0 Å². The van der Waals surface area contributed by atoms with Crippen LogP contribution in [0.4, 0.5) is 17.6 Å². The summed E-state index contributed by atoms with van der Waals surface area (Å²) in [6, 6.07) is 0. The molecule has 67 valence electrons. The third-order valence-electron chi connectivity index (χ3n) is 0.916. The highest BCUT2D eigenvalue weighted by molar-refractivity contribution is 4.53. The molecule has 0 spiro atoms. The maximum Gasteiger partial charge on any atom is 0.445 e. The average molecular weight is 173 g/mol. The highest BCUT2D eigenvalue weighted by atomic mass is 19.4. The molecule has 0 aromatic heterocycles. The Hall–Kier alpha value is -0.320. The Bertz CT molecular complexity index is 101. The summed E-state index contributed by atoms with van der Waals surface area (Å²) < 4.78 is 49.8. The van der Waals surface area contributed by atoms with Crippen LogP contribution in [-0.4, -0.2) is 19.1 Å². The van der Waals surface area contributed by atoms with Crippen molar-refractivity contribution in [2.75, 3.05) is 6.61 Å². The number of unbranched alkanes of at least 4 members (excludes halogenated alkanes) is 1. The fourth-order valence-corrected chi connectivity index (χ4v) is 0.383. The quantitative estimate of drug-likeness (QED) is 0.468. The molecule has 0 fully saturated rings. The van der Waals surface area contributed by atoms with Crippen LogP contribution in [0.25, 0.3) is 0 Å². The lowest BCUT2D eigenvalue weighted by Crippen LogP contribution is -2.27. The first-order valence-electron chi connectivity index (χ1n) is 3.10. The van der Waals surface area contributed by atoms with E-state index in [2.05, 4.69) is 11.7 Å². The Morgan fingerprint density at radius 2 is 1.91 bits per heavy atom. The van der Waals surface area contributed by atoms with Crippen LogP contribution in [0.15, 0.2) is 0 Å². The van der Waals surface area contributed by atoms with E-state index in [9.17, 15) is 17.6 Å². The van der Waals surface area contributed by atoms with Crippen LogP contribution in [0, 0.1) is 6.92 Å². The molecule has 5 heteroatoms. The molecule has 0 aliphatic carbocycles. The molecule has 0 aromatic carbocycles. The van der Waals surface area contributed by atoms with Gasteiger partial charge in [-0.05, 0) is 6.42 Å².